The van der Waals surface area contributed by atoms with Gasteiger partial charge in [-0.3, -0.25) is 4.90 Å². The highest BCUT2D eigenvalue weighted by molar-refractivity contribution is 5.27. The van der Waals surface area contributed by atoms with Crippen LogP contribution in [0.4, 0.5) is 0 Å². The molecule has 1 aromatic rings. The Morgan fingerprint density at radius 3 is 2.70 bits per heavy atom. The summed E-state index contributed by atoms with van der Waals surface area (Å²) in [4.78, 5) is 2.64. The largest absolute Gasteiger partial charge is 0.497 e. The van der Waals surface area contributed by atoms with E-state index in [0.29, 0.717) is 12.1 Å². The minimum absolute atomic E-state index is 0.568. The number of nitrogens with one attached hydrogen (secondary N) is 1. The molecule has 1 heterocycles. The van der Waals surface area contributed by atoms with Gasteiger partial charge in [-0.1, -0.05) is 25.5 Å². The molecule has 112 valence electrons. The summed E-state index contributed by atoms with van der Waals surface area (Å²) >= 11 is 0. The lowest BCUT2D eigenvalue weighted by molar-refractivity contribution is 0.112. The van der Waals surface area contributed by atoms with E-state index < -0.39 is 0 Å². The number of hydrogen-bond acceptors (Lipinski definition) is 3. The molecule has 0 aromatic heterocycles. The van der Waals surface area contributed by atoms with E-state index in [-0.39, 0.29) is 0 Å². The molecule has 0 amide bonds. The van der Waals surface area contributed by atoms with Crippen molar-refractivity contribution >= 4 is 0 Å². The van der Waals surface area contributed by atoms with E-state index in [1.165, 1.54) is 31.4 Å². The summed E-state index contributed by atoms with van der Waals surface area (Å²) in [5.74, 6) is 0.935. The lowest BCUT2D eigenvalue weighted by atomic mass is 9.95. The molecule has 0 spiro atoms. The van der Waals surface area contributed by atoms with Crippen molar-refractivity contribution in [3.05, 3.63) is 29.8 Å². The van der Waals surface area contributed by atoms with E-state index in [1.54, 1.807) is 7.11 Å². The second-order valence-electron chi connectivity index (χ2n) is 5.73. The van der Waals surface area contributed by atoms with E-state index in [4.69, 9.17) is 4.74 Å². The normalized spacial score (nSPS) is 21.6. The molecule has 0 radical (unpaired) electrons. The van der Waals surface area contributed by atoms with Gasteiger partial charge >= 0.3 is 0 Å². The molecule has 20 heavy (non-hydrogen) atoms. The minimum atomic E-state index is 0.568. The monoisotopic (exact) mass is 276 g/mol. The lowest BCUT2D eigenvalue weighted by Crippen LogP contribution is -2.50. The van der Waals surface area contributed by atoms with Crippen molar-refractivity contribution in [1.82, 2.24) is 10.2 Å². The van der Waals surface area contributed by atoms with Crippen LogP contribution in [0.1, 0.15) is 38.7 Å². The molecule has 2 rings (SSSR count). The third-order valence-corrected chi connectivity index (χ3v) is 4.31. The molecule has 1 aromatic carbocycles. The first kappa shape index (κ1) is 15.3. The highest BCUT2D eigenvalue weighted by Gasteiger charge is 2.26. The van der Waals surface area contributed by atoms with E-state index in [9.17, 15) is 0 Å². The van der Waals surface area contributed by atoms with Crippen molar-refractivity contribution in [2.24, 2.45) is 0 Å². The summed E-state index contributed by atoms with van der Waals surface area (Å²) in [5, 5.41) is 3.59. The fourth-order valence-corrected chi connectivity index (χ4v) is 3.20. The quantitative estimate of drug-likeness (QED) is 0.864. The van der Waals surface area contributed by atoms with Crippen LogP contribution < -0.4 is 10.1 Å². The van der Waals surface area contributed by atoms with Crippen LogP contribution in [-0.2, 0) is 6.54 Å². The molecule has 3 heteroatoms. The number of likely N-dealkylation sites (tertiary alicyclic amines) is 1. The Balaban J connectivity index is 2.00. The summed E-state index contributed by atoms with van der Waals surface area (Å²) in [6, 6.07) is 9.71. The highest BCUT2D eigenvalue weighted by Crippen LogP contribution is 2.23. The first-order valence-electron chi connectivity index (χ1n) is 7.85. The molecule has 1 aliphatic heterocycles. The molecular formula is C17H28N2O. The Bertz CT molecular complexity index is 390. The van der Waals surface area contributed by atoms with Crippen molar-refractivity contribution in [3.63, 3.8) is 0 Å². The first-order chi connectivity index (χ1) is 9.74. The molecule has 1 saturated heterocycles. The van der Waals surface area contributed by atoms with Gasteiger partial charge in [-0.15, -0.1) is 0 Å². The number of benzene rings is 1. The number of rotatable bonds is 6. The Kier molecular flexibility index (Phi) is 5.86. The molecule has 0 aliphatic carbocycles. The van der Waals surface area contributed by atoms with Crippen LogP contribution in [0, 0.1) is 0 Å². The zero-order valence-electron chi connectivity index (χ0n) is 13.1. The molecular weight excluding hydrogens is 248 g/mol. The third kappa shape index (κ3) is 3.97. The van der Waals surface area contributed by atoms with Gasteiger partial charge in [0, 0.05) is 18.6 Å². The summed E-state index contributed by atoms with van der Waals surface area (Å²) in [6.07, 6.45) is 4.00. The SMILES string of the molecule is CCNC(C)C1CCCCN1Cc1ccc(OC)cc1. The van der Waals surface area contributed by atoms with Gasteiger partial charge in [0.1, 0.15) is 5.75 Å². The van der Waals surface area contributed by atoms with Crippen LogP contribution >= 0.6 is 0 Å². The van der Waals surface area contributed by atoms with Crippen LogP contribution in [0.25, 0.3) is 0 Å². The standard InChI is InChI=1S/C17H28N2O/c1-4-18-14(2)17-7-5-6-12-19(17)13-15-8-10-16(20-3)11-9-15/h8-11,14,17-18H,4-7,12-13H2,1-3H3. The van der Waals surface area contributed by atoms with Gasteiger partial charge in [0.15, 0.2) is 0 Å². The Labute approximate surface area is 123 Å². The topological polar surface area (TPSA) is 24.5 Å². The number of piperidine rings is 1. The minimum Gasteiger partial charge on any atom is -0.497 e. The second-order valence-corrected chi connectivity index (χ2v) is 5.73. The maximum Gasteiger partial charge on any atom is 0.118 e. The van der Waals surface area contributed by atoms with Gasteiger partial charge in [-0.05, 0) is 50.6 Å². The van der Waals surface area contributed by atoms with E-state index in [1.807, 2.05) is 0 Å². The van der Waals surface area contributed by atoms with Crippen LogP contribution in [0.2, 0.25) is 0 Å². The predicted molar refractivity (Wildman–Crippen MR) is 84.2 cm³/mol. The number of methoxy groups -OCH3 is 1. The van der Waals surface area contributed by atoms with Crippen LogP contribution in [0.15, 0.2) is 24.3 Å². The summed E-state index contributed by atoms with van der Waals surface area (Å²) in [7, 11) is 1.72. The van der Waals surface area contributed by atoms with Gasteiger partial charge in [0.2, 0.25) is 0 Å². The first-order valence-corrected chi connectivity index (χ1v) is 7.85. The maximum atomic E-state index is 5.23. The van der Waals surface area contributed by atoms with Gasteiger partial charge < -0.3 is 10.1 Å². The molecule has 1 fully saturated rings. The Morgan fingerprint density at radius 1 is 1.30 bits per heavy atom. The van der Waals surface area contributed by atoms with Crippen LogP contribution in [0.5, 0.6) is 5.75 Å². The van der Waals surface area contributed by atoms with E-state index in [2.05, 4.69) is 48.3 Å². The lowest BCUT2D eigenvalue weighted by Gasteiger charge is -2.39. The van der Waals surface area contributed by atoms with E-state index in [0.717, 1.165) is 18.8 Å². The van der Waals surface area contributed by atoms with Gasteiger partial charge in [-0.2, -0.15) is 0 Å². The van der Waals surface area contributed by atoms with Crippen molar-refractivity contribution in [2.45, 2.75) is 51.7 Å². The smallest absolute Gasteiger partial charge is 0.118 e. The van der Waals surface area contributed by atoms with E-state index >= 15 is 0 Å². The van der Waals surface area contributed by atoms with Crippen molar-refractivity contribution in [2.75, 3.05) is 20.2 Å². The van der Waals surface area contributed by atoms with Crippen LogP contribution in [-0.4, -0.2) is 37.2 Å². The fraction of sp³-hybridized carbons (Fsp3) is 0.647. The Morgan fingerprint density at radius 2 is 2.05 bits per heavy atom. The molecule has 2 atom stereocenters. The van der Waals surface area contributed by atoms with Crippen LogP contribution in [0.3, 0.4) is 0 Å². The number of ether oxygens (including phenoxy) is 1. The van der Waals surface area contributed by atoms with Gasteiger partial charge in [0.05, 0.1) is 7.11 Å². The van der Waals surface area contributed by atoms with Crippen molar-refractivity contribution < 1.29 is 4.74 Å². The summed E-state index contributed by atoms with van der Waals surface area (Å²) < 4.78 is 5.23. The number of likely N-dealkylation sites (N-methyl/N-ethyl adjacent to an activating group) is 1. The third-order valence-electron chi connectivity index (χ3n) is 4.31. The number of nitrogens with zero attached hydrogens (tertiary/aromatic N) is 1. The fourth-order valence-electron chi connectivity index (χ4n) is 3.20. The van der Waals surface area contributed by atoms with Gasteiger partial charge in [0.25, 0.3) is 0 Å². The summed E-state index contributed by atoms with van der Waals surface area (Å²) in [6.45, 7) is 7.82. The number of hydrogen-bond donors (Lipinski definition) is 1. The van der Waals surface area contributed by atoms with Gasteiger partial charge in [-0.25, -0.2) is 0 Å². The molecule has 3 nitrogen and oxygen atoms in total. The van der Waals surface area contributed by atoms with Crippen molar-refractivity contribution in [3.8, 4) is 5.75 Å². The average Bonchev–Trinajstić information content (AvgIpc) is 2.49. The zero-order chi connectivity index (χ0) is 14.4. The molecule has 2 unspecified atom stereocenters. The maximum absolute atomic E-state index is 5.23. The Hall–Kier alpha value is -1.06. The predicted octanol–water partition coefficient (Wildman–Crippen LogP) is 3.05. The zero-order valence-corrected chi connectivity index (χ0v) is 13.1. The molecule has 1 N–H and O–H groups in total. The molecule has 1 aliphatic rings. The summed E-state index contributed by atoms with van der Waals surface area (Å²) in [5.41, 5.74) is 1.38. The molecule has 0 saturated carbocycles. The second kappa shape index (κ2) is 7.65. The molecule has 0 bridgehead atoms. The average molecular weight is 276 g/mol. The van der Waals surface area contributed by atoms with Crippen molar-refractivity contribution in [1.29, 1.82) is 0 Å². The highest BCUT2D eigenvalue weighted by atomic mass is 16.5.